The number of hydrogen-bond donors (Lipinski definition) is 1. The quantitative estimate of drug-likeness (QED) is 0.705. The Bertz CT molecular complexity index is 782. The lowest BCUT2D eigenvalue weighted by Crippen LogP contribution is -1.97. The maximum absolute atomic E-state index is 6.01. The fourth-order valence-corrected chi connectivity index (χ4v) is 2.42. The van der Waals surface area contributed by atoms with Crippen LogP contribution < -0.4 is 15.2 Å². The van der Waals surface area contributed by atoms with Gasteiger partial charge in [0.15, 0.2) is 0 Å². The lowest BCUT2D eigenvalue weighted by molar-refractivity contribution is 0.307. The van der Waals surface area contributed by atoms with Crippen LogP contribution in [0.5, 0.6) is 11.5 Å². The zero-order valence-electron chi connectivity index (χ0n) is 13.0. The van der Waals surface area contributed by atoms with Crippen LogP contribution in [-0.2, 0) is 6.61 Å². The van der Waals surface area contributed by atoms with Gasteiger partial charge in [0.25, 0.3) is 0 Å². The van der Waals surface area contributed by atoms with Crippen LogP contribution in [-0.4, -0.2) is 7.11 Å². The van der Waals surface area contributed by atoms with Crippen molar-refractivity contribution in [1.29, 1.82) is 0 Å². The van der Waals surface area contributed by atoms with Gasteiger partial charge >= 0.3 is 0 Å². The first-order valence-electron chi connectivity index (χ1n) is 7.47. The van der Waals surface area contributed by atoms with E-state index in [-0.39, 0.29) is 0 Å². The van der Waals surface area contributed by atoms with Crippen LogP contribution >= 0.6 is 0 Å². The number of rotatable bonds is 5. The zero-order chi connectivity index (χ0) is 16.1. The van der Waals surface area contributed by atoms with Crippen LogP contribution in [0, 0.1) is 0 Å². The first kappa shape index (κ1) is 15.0. The highest BCUT2D eigenvalue weighted by atomic mass is 16.5. The van der Waals surface area contributed by atoms with Crippen molar-refractivity contribution in [3.8, 4) is 22.6 Å². The Morgan fingerprint density at radius 3 is 2.39 bits per heavy atom. The summed E-state index contributed by atoms with van der Waals surface area (Å²) in [5.41, 5.74) is 9.81. The fourth-order valence-electron chi connectivity index (χ4n) is 2.42. The summed E-state index contributed by atoms with van der Waals surface area (Å²) in [7, 11) is 1.66. The molecule has 0 aliphatic rings. The molecule has 3 rings (SSSR count). The van der Waals surface area contributed by atoms with Gasteiger partial charge in [-0.2, -0.15) is 0 Å². The molecule has 0 saturated carbocycles. The standard InChI is InChI=1S/C20H19NO2/c1-22-18-11-9-15(10-12-18)14-23-20-8-3-2-7-19(20)16-5-4-6-17(21)13-16/h2-13H,14,21H2,1H3. The Morgan fingerprint density at radius 2 is 1.65 bits per heavy atom. The molecule has 0 aliphatic heterocycles. The van der Waals surface area contributed by atoms with Gasteiger partial charge < -0.3 is 15.2 Å². The average molecular weight is 305 g/mol. The Hall–Kier alpha value is -2.94. The van der Waals surface area contributed by atoms with E-state index in [1.165, 1.54) is 0 Å². The van der Waals surface area contributed by atoms with Gasteiger partial charge in [-0.05, 0) is 41.5 Å². The van der Waals surface area contributed by atoms with E-state index in [0.717, 1.165) is 33.9 Å². The average Bonchev–Trinajstić information content (AvgIpc) is 2.60. The Kier molecular flexibility index (Phi) is 4.48. The molecule has 0 spiro atoms. The summed E-state index contributed by atoms with van der Waals surface area (Å²) in [6.45, 7) is 0.503. The predicted octanol–water partition coefficient (Wildman–Crippen LogP) is 4.52. The van der Waals surface area contributed by atoms with Crippen molar-refractivity contribution in [2.24, 2.45) is 0 Å². The normalized spacial score (nSPS) is 10.3. The second-order valence-corrected chi connectivity index (χ2v) is 5.26. The maximum atomic E-state index is 6.01. The molecule has 2 N–H and O–H groups in total. The molecule has 0 aliphatic carbocycles. The van der Waals surface area contributed by atoms with E-state index in [1.54, 1.807) is 7.11 Å². The van der Waals surface area contributed by atoms with Gasteiger partial charge in [-0.15, -0.1) is 0 Å². The van der Waals surface area contributed by atoms with Crippen molar-refractivity contribution in [2.45, 2.75) is 6.61 Å². The molecular formula is C20H19NO2. The summed E-state index contributed by atoms with van der Waals surface area (Å²) in [6.07, 6.45) is 0. The molecule has 0 aromatic heterocycles. The SMILES string of the molecule is COc1ccc(COc2ccccc2-c2cccc(N)c2)cc1. The van der Waals surface area contributed by atoms with Gasteiger partial charge in [0.05, 0.1) is 7.11 Å². The van der Waals surface area contributed by atoms with Gasteiger partial charge in [0.2, 0.25) is 0 Å². The minimum atomic E-state index is 0.503. The van der Waals surface area contributed by atoms with Crippen molar-refractivity contribution < 1.29 is 9.47 Å². The Labute approximate surface area is 136 Å². The molecule has 0 fully saturated rings. The molecule has 0 radical (unpaired) electrons. The molecule has 0 saturated heterocycles. The van der Waals surface area contributed by atoms with E-state index in [2.05, 4.69) is 0 Å². The summed E-state index contributed by atoms with van der Waals surface area (Å²) < 4.78 is 11.2. The fraction of sp³-hybridized carbons (Fsp3) is 0.100. The lowest BCUT2D eigenvalue weighted by atomic mass is 10.0. The van der Waals surface area contributed by atoms with Gasteiger partial charge in [-0.25, -0.2) is 0 Å². The first-order chi connectivity index (χ1) is 11.3. The second-order valence-electron chi connectivity index (χ2n) is 5.26. The summed E-state index contributed by atoms with van der Waals surface area (Å²) in [6, 6.07) is 23.7. The molecule has 116 valence electrons. The number of hydrogen-bond acceptors (Lipinski definition) is 3. The van der Waals surface area contributed by atoms with E-state index < -0.39 is 0 Å². The third kappa shape index (κ3) is 3.64. The molecule has 0 unspecified atom stereocenters. The number of benzene rings is 3. The van der Waals surface area contributed by atoms with Crippen molar-refractivity contribution in [2.75, 3.05) is 12.8 Å². The molecular weight excluding hydrogens is 286 g/mol. The monoisotopic (exact) mass is 305 g/mol. The van der Waals surface area contributed by atoms with E-state index in [4.69, 9.17) is 15.2 Å². The first-order valence-corrected chi connectivity index (χ1v) is 7.47. The zero-order valence-corrected chi connectivity index (χ0v) is 13.0. The van der Waals surface area contributed by atoms with Gasteiger partial charge in [0, 0.05) is 11.3 Å². The van der Waals surface area contributed by atoms with Crippen molar-refractivity contribution in [3.05, 3.63) is 78.4 Å². The number of para-hydroxylation sites is 1. The summed E-state index contributed by atoms with van der Waals surface area (Å²) in [5, 5.41) is 0. The highest BCUT2D eigenvalue weighted by Crippen LogP contribution is 2.31. The topological polar surface area (TPSA) is 44.5 Å². The minimum Gasteiger partial charge on any atom is -0.497 e. The van der Waals surface area contributed by atoms with E-state index in [0.29, 0.717) is 6.61 Å². The van der Waals surface area contributed by atoms with Crippen LogP contribution in [0.15, 0.2) is 72.8 Å². The van der Waals surface area contributed by atoms with Crippen molar-refractivity contribution in [1.82, 2.24) is 0 Å². The molecule has 0 heterocycles. The second kappa shape index (κ2) is 6.88. The third-order valence-corrected chi connectivity index (χ3v) is 3.64. The highest BCUT2D eigenvalue weighted by Gasteiger charge is 2.06. The van der Waals surface area contributed by atoms with E-state index >= 15 is 0 Å². The van der Waals surface area contributed by atoms with Crippen molar-refractivity contribution in [3.63, 3.8) is 0 Å². The van der Waals surface area contributed by atoms with Gasteiger partial charge in [0.1, 0.15) is 18.1 Å². The summed E-state index contributed by atoms with van der Waals surface area (Å²) in [5.74, 6) is 1.68. The third-order valence-electron chi connectivity index (χ3n) is 3.64. The Balaban J connectivity index is 1.80. The summed E-state index contributed by atoms with van der Waals surface area (Å²) in [4.78, 5) is 0. The molecule has 3 heteroatoms. The smallest absolute Gasteiger partial charge is 0.127 e. The van der Waals surface area contributed by atoms with Gasteiger partial charge in [-0.3, -0.25) is 0 Å². The number of ether oxygens (including phenoxy) is 2. The number of nitrogens with two attached hydrogens (primary N) is 1. The van der Waals surface area contributed by atoms with Crippen LogP contribution in [0.1, 0.15) is 5.56 Å². The van der Waals surface area contributed by atoms with Gasteiger partial charge in [-0.1, -0.05) is 42.5 Å². The molecule has 3 nitrogen and oxygen atoms in total. The van der Waals surface area contributed by atoms with Crippen LogP contribution in [0.4, 0.5) is 5.69 Å². The number of anilines is 1. The van der Waals surface area contributed by atoms with Crippen LogP contribution in [0.3, 0.4) is 0 Å². The lowest BCUT2D eigenvalue weighted by Gasteiger charge is -2.12. The molecule has 23 heavy (non-hydrogen) atoms. The summed E-state index contributed by atoms with van der Waals surface area (Å²) >= 11 is 0. The predicted molar refractivity (Wildman–Crippen MR) is 93.6 cm³/mol. The minimum absolute atomic E-state index is 0.503. The van der Waals surface area contributed by atoms with Crippen LogP contribution in [0.2, 0.25) is 0 Å². The molecule has 0 atom stereocenters. The molecule has 3 aromatic rings. The molecule has 0 bridgehead atoms. The number of methoxy groups -OCH3 is 1. The number of nitrogen functional groups attached to an aromatic ring is 1. The van der Waals surface area contributed by atoms with Crippen LogP contribution in [0.25, 0.3) is 11.1 Å². The highest BCUT2D eigenvalue weighted by molar-refractivity contribution is 5.72. The van der Waals surface area contributed by atoms with E-state index in [9.17, 15) is 0 Å². The molecule has 3 aromatic carbocycles. The van der Waals surface area contributed by atoms with E-state index in [1.807, 2.05) is 72.8 Å². The Morgan fingerprint density at radius 1 is 0.870 bits per heavy atom. The van der Waals surface area contributed by atoms with Crippen molar-refractivity contribution >= 4 is 5.69 Å². The largest absolute Gasteiger partial charge is 0.497 e. The molecule has 0 amide bonds. The maximum Gasteiger partial charge on any atom is 0.127 e.